The van der Waals surface area contributed by atoms with E-state index in [1.54, 1.807) is 0 Å². The van der Waals surface area contributed by atoms with Gasteiger partial charge in [0.05, 0.1) is 0 Å². The zero-order valence-electron chi connectivity index (χ0n) is 9.74. The van der Waals surface area contributed by atoms with Crippen molar-refractivity contribution >= 4 is 5.84 Å². The summed E-state index contributed by atoms with van der Waals surface area (Å²) in [6, 6.07) is 0. The van der Waals surface area contributed by atoms with Gasteiger partial charge in [-0.25, -0.2) is 15.3 Å². The first kappa shape index (κ1) is 11.7. The minimum absolute atomic E-state index is 0.190. The highest BCUT2D eigenvalue weighted by Crippen LogP contribution is 2.14. The molecule has 82 valence electrons. The van der Waals surface area contributed by atoms with Gasteiger partial charge in [0, 0.05) is 5.57 Å². The molecule has 1 aliphatic rings. The number of nitrogens with one attached hydrogen (secondary N) is 1. The van der Waals surface area contributed by atoms with Gasteiger partial charge in [-0.3, -0.25) is 0 Å². The second-order valence-corrected chi connectivity index (χ2v) is 3.33. The van der Waals surface area contributed by atoms with Crippen LogP contribution in [0.3, 0.4) is 0 Å². The van der Waals surface area contributed by atoms with Crippen LogP contribution in [0.25, 0.3) is 0 Å². The Labute approximate surface area is 91.2 Å². The Morgan fingerprint density at radius 1 is 1.33 bits per heavy atom. The summed E-state index contributed by atoms with van der Waals surface area (Å²) in [6.45, 7) is 7.95. The van der Waals surface area contributed by atoms with Crippen LogP contribution in [0.1, 0.15) is 27.7 Å². The summed E-state index contributed by atoms with van der Waals surface area (Å²) in [5.74, 6) is 0.793. The molecule has 0 aromatic heterocycles. The number of hydrogen-bond donors (Lipinski definition) is 1. The van der Waals surface area contributed by atoms with E-state index in [-0.39, 0.29) is 6.23 Å². The van der Waals surface area contributed by atoms with E-state index in [4.69, 9.17) is 4.84 Å². The van der Waals surface area contributed by atoms with Crippen LogP contribution in [0.2, 0.25) is 0 Å². The summed E-state index contributed by atoms with van der Waals surface area (Å²) in [5.41, 5.74) is 5.00. The molecule has 1 aliphatic heterocycles. The van der Waals surface area contributed by atoms with Crippen molar-refractivity contribution in [3.8, 4) is 0 Å². The Kier molecular flexibility index (Phi) is 4.31. The molecule has 0 amide bonds. The molecule has 0 spiro atoms. The van der Waals surface area contributed by atoms with Gasteiger partial charge in [-0.15, -0.1) is 0 Å². The van der Waals surface area contributed by atoms with E-state index in [1.807, 2.05) is 52.0 Å². The first-order valence-electron chi connectivity index (χ1n) is 5.14. The lowest BCUT2D eigenvalue weighted by Gasteiger charge is -2.04. The summed E-state index contributed by atoms with van der Waals surface area (Å²) in [4.78, 5) is 9.79. The molecule has 0 aromatic rings. The van der Waals surface area contributed by atoms with Gasteiger partial charge in [0.15, 0.2) is 12.1 Å². The molecular weight excluding hydrogens is 188 g/mol. The van der Waals surface area contributed by atoms with Crippen molar-refractivity contribution < 1.29 is 4.84 Å². The van der Waals surface area contributed by atoms with Gasteiger partial charge in [0.1, 0.15) is 0 Å². The molecule has 0 radical (unpaired) electrons. The average molecular weight is 206 g/mol. The van der Waals surface area contributed by atoms with E-state index in [9.17, 15) is 0 Å². The molecule has 1 atom stereocenters. The van der Waals surface area contributed by atoms with Crippen LogP contribution < -0.4 is 5.48 Å². The van der Waals surface area contributed by atoms with Gasteiger partial charge in [-0.05, 0) is 33.3 Å². The molecule has 0 aromatic carbocycles. The molecule has 1 unspecified atom stereocenters. The molecule has 15 heavy (non-hydrogen) atoms. The maximum Gasteiger partial charge on any atom is 0.198 e. The van der Waals surface area contributed by atoms with E-state index in [2.05, 4.69) is 10.5 Å². The second-order valence-electron chi connectivity index (χ2n) is 3.33. The smallest absolute Gasteiger partial charge is 0.198 e. The van der Waals surface area contributed by atoms with Crippen molar-refractivity contribution in [1.29, 1.82) is 0 Å². The molecule has 0 saturated carbocycles. The first-order chi connectivity index (χ1) is 7.22. The lowest BCUT2D eigenvalue weighted by atomic mass is 10.2. The van der Waals surface area contributed by atoms with Crippen molar-refractivity contribution in [2.45, 2.75) is 33.9 Å². The van der Waals surface area contributed by atoms with Crippen LogP contribution >= 0.6 is 0 Å². The predicted octanol–water partition coefficient (Wildman–Crippen LogP) is 2.73. The third kappa shape index (κ3) is 2.80. The SMILES string of the molecule is CC=CC(=CC)C1=NC(C(C)=CC)ON1. The van der Waals surface area contributed by atoms with E-state index >= 15 is 0 Å². The summed E-state index contributed by atoms with van der Waals surface area (Å²) in [5, 5.41) is 0. The largest absolute Gasteiger partial charge is 0.246 e. The summed E-state index contributed by atoms with van der Waals surface area (Å²) in [6.07, 6.45) is 7.80. The van der Waals surface area contributed by atoms with Gasteiger partial charge in [-0.2, -0.15) is 0 Å². The Bertz CT molecular complexity index is 338. The van der Waals surface area contributed by atoms with Crippen LogP contribution in [-0.4, -0.2) is 12.1 Å². The Balaban J connectivity index is 2.82. The van der Waals surface area contributed by atoms with Crippen LogP contribution in [0.5, 0.6) is 0 Å². The minimum atomic E-state index is -0.190. The summed E-state index contributed by atoms with van der Waals surface area (Å²) < 4.78 is 0. The molecule has 0 bridgehead atoms. The maximum absolute atomic E-state index is 5.35. The zero-order valence-corrected chi connectivity index (χ0v) is 9.74. The maximum atomic E-state index is 5.35. The highest BCUT2D eigenvalue weighted by atomic mass is 16.7. The number of allylic oxidation sites excluding steroid dienone is 3. The quantitative estimate of drug-likeness (QED) is 0.569. The third-order valence-electron chi connectivity index (χ3n) is 2.29. The van der Waals surface area contributed by atoms with Gasteiger partial charge in [0.25, 0.3) is 0 Å². The van der Waals surface area contributed by atoms with Gasteiger partial charge < -0.3 is 0 Å². The van der Waals surface area contributed by atoms with Crippen molar-refractivity contribution in [3.63, 3.8) is 0 Å². The second kappa shape index (κ2) is 5.51. The topological polar surface area (TPSA) is 33.6 Å². The molecular formula is C12H18N2O. The number of hydrogen-bond acceptors (Lipinski definition) is 3. The molecule has 0 saturated heterocycles. The fourth-order valence-corrected chi connectivity index (χ4v) is 1.24. The van der Waals surface area contributed by atoms with E-state index in [0.717, 1.165) is 17.0 Å². The number of rotatable bonds is 3. The molecule has 0 fully saturated rings. The fraction of sp³-hybridized carbons (Fsp3) is 0.417. The highest BCUT2D eigenvalue weighted by molar-refractivity contribution is 6.00. The average Bonchev–Trinajstić information content (AvgIpc) is 2.73. The normalized spacial score (nSPS) is 23.2. The standard InChI is InChI=1S/C12H18N2O/c1-5-8-10(7-3)11-13-12(15-14-11)9(4)6-2/h5-8,12H,1-4H3,(H,13,14). The Hall–Kier alpha value is -1.35. The highest BCUT2D eigenvalue weighted by Gasteiger charge is 2.19. The molecule has 0 aliphatic carbocycles. The van der Waals surface area contributed by atoms with Gasteiger partial charge >= 0.3 is 0 Å². The monoisotopic (exact) mass is 206 g/mol. The number of hydroxylamine groups is 1. The molecule has 3 heteroatoms. The third-order valence-corrected chi connectivity index (χ3v) is 2.29. The van der Waals surface area contributed by atoms with E-state index in [0.29, 0.717) is 0 Å². The zero-order chi connectivity index (χ0) is 11.3. The number of amidine groups is 1. The van der Waals surface area contributed by atoms with Gasteiger partial charge in [0.2, 0.25) is 0 Å². The summed E-state index contributed by atoms with van der Waals surface area (Å²) in [7, 11) is 0. The lowest BCUT2D eigenvalue weighted by molar-refractivity contribution is 0.0607. The van der Waals surface area contributed by atoms with Crippen LogP contribution in [-0.2, 0) is 4.84 Å². The fourth-order valence-electron chi connectivity index (χ4n) is 1.24. The van der Waals surface area contributed by atoms with Crippen LogP contribution in [0.15, 0.2) is 40.4 Å². The van der Waals surface area contributed by atoms with Crippen molar-refractivity contribution in [2.24, 2.45) is 4.99 Å². The Morgan fingerprint density at radius 2 is 2.07 bits per heavy atom. The van der Waals surface area contributed by atoms with Crippen LogP contribution in [0, 0.1) is 0 Å². The molecule has 3 nitrogen and oxygen atoms in total. The molecule has 1 heterocycles. The summed E-state index contributed by atoms with van der Waals surface area (Å²) >= 11 is 0. The minimum Gasteiger partial charge on any atom is -0.246 e. The first-order valence-corrected chi connectivity index (χ1v) is 5.14. The molecule has 1 N–H and O–H groups in total. The van der Waals surface area contributed by atoms with Crippen LogP contribution in [0.4, 0.5) is 0 Å². The van der Waals surface area contributed by atoms with E-state index in [1.165, 1.54) is 0 Å². The molecule has 1 rings (SSSR count). The van der Waals surface area contributed by atoms with Crippen molar-refractivity contribution in [2.75, 3.05) is 0 Å². The number of aliphatic imine (C=N–C) groups is 1. The lowest BCUT2D eigenvalue weighted by Crippen LogP contribution is -2.19. The predicted molar refractivity (Wildman–Crippen MR) is 63.4 cm³/mol. The van der Waals surface area contributed by atoms with Crippen molar-refractivity contribution in [1.82, 2.24) is 5.48 Å². The van der Waals surface area contributed by atoms with Gasteiger partial charge in [-0.1, -0.05) is 24.3 Å². The van der Waals surface area contributed by atoms with E-state index < -0.39 is 0 Å². The van der Waals surface area contributed by atoms with Crippen molar-refractivity contribution in [3.05, 3.63) is 35.5 Å². The Morgan fingerprint density at radius 3 is 2.60 bits per heavy atom. The number of nitrogens with zero attached hydrogens (tertiary/aromatic N) is 1.